The third kappa shape index (κ3) is 2.05. The standard InChI is InChI=1S/C17H16N2O4/c20-12-6-1-9(7-13(12)21)8-18-19-16(22)14-10-2-3-11(5-4-10)15(14)17(19)23/h1-3,6-8,10-11,14-15,20-21H,4-5H2/b18-8-/t10-,11+,14-,15+. The van der Waals surface area contributed by atoms with E-state index in [2.05, 4.69) is 17.3 Å². The van der Waals surface area contributed by atoms with Gasteiger partial charge in [-0.1, -0.05) is 12.2 Å². The number of nitrogens with zero attached hydrogens (tertiary/aromatic N) is 2. The lowest BCUT2D eigenvalue weighted by Crippen LogP contribution is -2.38. The third-order valence-electron chi connectivity index (χ3n) is 5.06. The van der Waals surface area contributed by atoms with Gasteiger partial charge in [-0.15, -0.1) is 0 Å². The smallest absolute Gasteiger partial charge is 0.254 e. The number of carbonyl (C=O) groups excluding carboxylic acids is 2. The number of carbonyl (C=O) groups is 2. The molecule has 2 fully saturated rings. The molecule has 1 saturated heterocycles. The Morgan fingerprint density at radius 2 is 1.61 bits per heavy atom. The molecule has 0 unspecified atom stereocenters. The summed E-state index contributed by atoms with van der Waals surface area (Å²) in [6.45, 7) is 0. The maximum atomic E-state index is 12.6. The van der Waals surface area contributed by atoms with E-state index < -0.39 is 0 Å². The van der Waals surface area contributed by atoms with E-state index in [1.807, 2.05) is 0 Å². The highest BCUT2D eigenvalue weighted by molar-refractivity contribution is 6.06. The molecular weight excluding hydrogens is 296 g/mol. The number of hydrazone groups is 1. The zero-order valence-corrected chi connectivity index (χ0v) is 12.3. The van der Waals surface area contributed by atoms with Crippen LogP contribution >= 0.6 is 0 Å². The van der Waals surface area contributed by atoms with Crippen molar-refractivity contribution in [3.63, 3.8) is 0 Å². The van der Waals surface area contributed by atoms with E-state index in [1.165, 1.54) is 18.3 Å². The molecule has 4 aliphatic rings. The summed E-state index contributed by atoms with van der Waals surface area (Å²) in [5, 5.41) is 23.8. The monoisotopic (exact) mass is 312 g/mol. The van der Waals surface area contributed by atoms with Gasteiger partial charge in [0, 0.05) is 0 Å². The van der Waals surface area contributed by atoms with Gasteiger partial charge in [0.25, 0.3) is 11.8 Å². The number of phenols is 2. The summed E-state index contributed by atoms with van der Waals surface area (Å²) in [5.74, 6) is -1.27. The molecule has 1 heterocycles. The Morgan fingerprint density at radius 3 is 2.13 bits per heavy atom. The summed E-state index contributed by atoms with van der Waals surface area (Å²) >= 11 is 0. The molecule has 3 aliphatic carbocycles. The molecule has 0 aromatic heterocycles. The predicted octanol–water partition coefficient (Wildman–Crippen LogP) is 1.63. The van der Waals surface area contributed by atoms with E-state index in [-0.39, 0.29) is 47.0 Å². The van der Waals surface area contributed by atoms with Crippen LogP contribution in [0.3, 0.4) is 0 Å². The first kappa shape index (κ1) is 14.0. The average molecular weight is 312 g/mol. The Kier molecular flexibility index (Phi) is 3.01. The highest BCUT2D eigenvalue weighted by Crippen LogP contribution is 2.49. The van der Waals surface area contributed by atoms with Gasteiger partial charge in [0.15, 0.2) is 11.5 Å². The minimum absolute atomic E-state index is 0.138. The van der Waals surface area contributed by atoms with E-state index in [4.69, 9.17) is 0 Å². The molecule has 5 rings (SSSR count). The van der Waals surface area contributed by atoms with Crippen molar-refractivity contribution in [2.45, 2.75) is 12.8 Å². The molecule has 6 nitrogen and oxygen atoms in total. The molecule has 0 spiro atoms. The van der Waals surface area contributed by atoms with E-state index >= 15 is 0 Å². The number of amides is 2. The number of phenolic OH excluding ortho intramolecular Hbond substituents is 2. The lowest BCUT2D eigenvalue weighted by atomic mass is 9.63. The number of rotatable bonds is 2. The summed E-state index contributed by atoms with van der Waals surface area (Å²) in [6.07, 6.45) is 7.37. The van der Waals surface area contributed by atoms with Crippen LogP contribution in [0.25, 0.3) is 0 Å². The third-order valence-corrected chi connectivity index (χ3v) is 5.06. The molecule has 6 heteroatoms. The van der Waals surface area contributed by atoms with Crippen LogP contribution in [0.1, 0.15) is 18.4 Å². The van der Waals surface area contributed by atoms with Gasteiger partial charge in [0.1, 0.15) is 0 Å². The summed E-state index contributed by atoms with van der Waals surface area (Å²) in [5.41, 5.74) is 0.497. The van der Waals surface area contributed by atoms with E-state index in [9.17, 15) is 19.8 Å². The number of benzene rings is 1. The van der Waals surface area contributed by atoms with Gasteiger partial charge in [0.05, 0.1) is 18.1 Å². The second-order valence-electron chi connectivity index (χ2n) is 6.32. The summed E-state index contributed by atoms with van der Waals surface area (Å²) in [7, 11) is 0. The quantitative estimate of drug-likeness (QED) is 0.376. The van der Waals surface area contributed by atoms with Crippen molar-refractivity contribution >= 4 is 18.0 Å². The number of allylic oxidation sites excluding steroid dienone is 2. The van der Waals surface area contributed by atoms with Crippen molar-refractivity contribution in [1.82, 2.24) is 5.01 Å². The Morgan fingerprint density at radius 1 is 1.00 bits per heavy atom. The average Bonchev–Trinajstić information content (AvgIpc) is 2.83. The molecule has 2 bridgehead atoms. The van der Waals surface area contributed by atoms with Gasteiger partial charge < -0.3 is 10.2 Å². The van der Waals surface area contributed by atoms with Gasteiger partial charge in [-0.3, -0.25) is 9.59 Å². The number of aromatic hydroxyl groups is 2. The van der Waals surface area contributed by atoms with Gasteiger partial charge in [-0.25, -0.2) is 0 Å². The van der Waals surface area contributed by atoms with Crippen LogP contribution < -0.4 is 0 Å². The fourth-order valence-electron chi connectivity index (χ4n) is 3.92. The lowest BCUT2D eigenvalue weighted by Gasteiger charge is -2.37. The number of fused-ring (bicyclic) bond motifs is 1. The Hall–Kier alpha value is -2.63. The fourth-order valence-corrected chi connectivity index (χ4v) is 3.92. The molecule has 1 saturated carbocycles. The summed E-state index contributed by atoms with van der Waals surface area (Å²) in [6, 6.07) is 4.19. The molecule has 1 aromatic rings. The van der Waals surface area contributed by atoms with Gasteiger partial charge in [0.2, 0.25) is 0 Å². The molecular formula is C17H16N2O4. The van der Waals surface area contributed by atoms with E-state index in [1.54, 1.807) is 6.07 Å². The van der Waals surface area contributed by atoms with Crippen LogP contribution in [-0.4, -0.2) is 33.3 Å². The molecule has 2 amide bonds. The number of hydrogen-bond donors (Lipinski definition) is 2. The molecule has 1 aliphatic heterocycles. The molecule has 23 heavy (non-hydrogen) atoms. The van der Waals surface area contributed by atoms with Gasteiger partial charge in [-0.2, -0.15) is 10.1 Å². The Labute approximate surface area is 132 Å². The lowest BCUT2D eigenvalue weighted by molar-refractivity contribution is -0.140. The second-order valence-corrected chi connectivity index (χ2v) is 6.32. The fraction of sp³-hybridized carbons (Fsp3) is 0.353. The Bertz CT molecular complexity index is 723. The first-order chi connectivity index (χ1) is 11.1. The van der Waals surface area contributed by atoms with E-state index in [0.29, 0.717) is 5.56 Å². The highest BCUT2D eigenvalue weighted by Gasteiger charge is 2.56. The zero-order valence-electron chi connectivity index (χ0n) is 12.3. The molecule has 118 valence electrons. The van der Waals surface area contributed by atoms with Gasteiger partial charge in [-0.05, 0) is 48.4 Å². The van der Waals surface area contributed by atoms with Crippen LogP contribution in [0, 0.1) is 23.7 Å². The van der Waals surface area contributed by atoms with E-state index in [0.717, 1.165) is 17.9 Å². The van der Waals surface area contributed by atoms with Crippen molar-refractivity contribution in [2.24, 2.45) is 28.8 Å². The first-order valence-corrected chi connectivity index (χ1v) is 7.68. The first-order valence-electron chi connectivity index (χ1n) is 7.68. The van der Waals surface area contributed by atoms with Crippen molar-refractivity contribution in [2.75, 3.05) is 0 Å². The number of imide groups is 1. The second kappa shape index (κ2) is 4.94. The molecule has 2 N–H and O–H groups in total. The number of hydrogen-bond acceptors (Lipinski definition) is 5. The van der Waals surface area contributed by atoms with Crippen molar-refractivity contribution in [3.05, 3.63) is 35.9 Å². The topological polar surface area (TPSA) is 90.2 Å². The van der Waals surface area contributed by atoms with Crippen LogP contribution in [0.2, 0.25) is 0 Å². The van der Waals surface area contributed by atoms with Crippen molar-refractivity contribution in [3.8, 4) is 11.5 Å². The molecule has 4 atom stereocenters. The van der Waals surface area contributed by atoms with Crippen molar-refractivity contribution < 1.29 is 19.8 Å². The maximum Gasteiger partial charge on any atom is 0.254 e. The van der Waals surface area contributed by atoms with Crippen LogP contribution in [-0.2, 0) is 9.59 Å². The Balaban J connectivity index is 1.60. The van der Waals surface area contributed by atoms with Crippen LogP contribution in [0.15, 0.2) is 35.5 Å². The minimum Gasteiger partial charge on any atom is -0.504 e. The highest BCUT2D eigenvalue weighted by atomic mass is 16.3. The molecule has 1 aromatic carbocycles. The summed E-state index contributed by atoms with van der Waals surface area (Å²) in [4.78, 5) is 25.1. The largest absolute Gasteiger partial charge is 0.504 e. The predicted molar refractivity (Wildman–Crippen MR) is 81.6 cm³/mol. The maximum absolute atomic E-state index is 12.6. The summed E-state index contributed by atoms with van der Waals surface area (Å²) < 4.78 is 0. The normalized spacial score (nSPS) is 32.1. The minimum atomic E-state index is -0.281. The van der Waals surface area contributed by atoms with Crippen LogP contribution in [0.5, 0.6) is 11.5 Å². The zero-order chi connectivity index (χ0) is 16.1. The SMILES string of the molecule is O=C1[C@@H]2[C@H](C(=O)N1/N=C\c1ccc(O)c(O)c1)[C@@H]1C=C[C@H]2CC1. The molecule has 0 radical (unpaired) electrons. The van der Waals surface area contributed by atoms with Crippen LogP contribution in [0.4, 0.5) is 0 Å². The van der Waals surface area contributed by atoms with Crippen molar-refractivity contribution in [1.29, 1.82) is 0 Å². The van der Waals surface area contributed by atoms with Gasteiger partial charge >= 0.3 is 0 Å².